The number of carbonyl (C=O) groups is 3. The lowest BCUT2D eigenvalue weighted by Crippen LogP contribution is -2.57. The number of aryl methyl sites for hydroxylation is 1. The van der Waals surface area contributed by atoms with Crippen LogP contribution in [0.2, 0.25) is 0 Å². The van der Waals surface area contributed by atoms with Crippen molar-refractivity contribution in [3.05, 3.63) is 102 Å². The lowest BCUT2D eigenvalue weighted by Gasteiger charge is -2.42. The maximum Gasteiger partial charge on any atom is 0.410 e. The molecule has 0 radical (unpaired) electrons. The van der Waals surface area contributed by atoms with E-state index in [0.29, 0.717) is 50.4 Å². The Hall–Kier alpha value is -4.59. The molecule has 8 nitrogen and oxygen atoms in total. The van der Waals surface area contributed by atoms with Gasteiger partial charge in [0.05, 0.1) is 13.2 Å². The van der Waals surface area contributed by atoms with E-state index in [1.807, 2.05) is 105 Å². The van der Waals surface area contributed by atoms with E-state index in [-0.39, 0.29) is 18.0 Å². The number of nitrogens with zero attached hydrogens (tertiary/aromatic N) is 2. The maximum absolute atomic E-state index is 13.7. The number of rotatable bonds is 9. The molecular weight excluding hydrogens is 544 g/mol. The molecule has 1 fully saturated rings. The number of benzene rings is 3. The SMILES string of the molecule is COC(=O)/C=C/c1ccccc1Oc1ccccc1CCC(=O)N1CCN(C(=O)OC(C)(C)C)CC1Cc1ccccc1. The molecule has 4 rings (SSSR count). The minimum atomic E-state index is -0.591. The van der Waals surface area contributed by atoms with Crippen molar-refractivity contribution in [2.45, 2.75) is 51.7 Å². The molecule has 0 spiro atoms. The van der Waals surface area contributed by atoms with E-state index in [2.05, 4.69) is 0 Å². The minimum Gasteiger partial charge on any atom is -0.466 e. The largest absolute Gasteiger partial charge is 0.466 e. The van der Waals surface area contributed by atoms with E-state index < -0.39 is 11.6 Å². The number of hydrogen-bond acceptors (Lipinski definition) is 6. The third kappa shape index (κ3) is 9.20. The Bertz CT molecular complexity index is 1430. The van der Waals surface area contributed by atoms with Crippen LogP contribution in [0.5, 0.6) is 11.5 Å². The lowest BCUT2D eigenvalue weighted by atomic mass is 10.0. The molecule has 226 valence electrons. The molecule has 0 saturated carbocycles. The number of amides is 2. The topological polar surface area (TPSA) is 85.4 Å². The highest BCUT2D eigenvalue weighted by molar-refractivity contribution is 5.87. The lowest BCUT2D eigenvalue weighted by molar-refractivity contribution is -0.136. The summed E-state index contributed by atoms with van der Waals surface area (Å²) in [6, 6.07) is 24.9. The van der Waals surface area contributed by atoms with E-state index >= 15 is 0 Å². The summed E-state index contributed by atoms with van der Waals surface area (Å²) in [5.41, 5.74) is 2.14. The van der Waals surface area contributed by atoms with Crippen LogP contribution in [0.3, 0.4) is 0 Å². The molecule has 0 bridgehead atoms. The summed E-state index contributed by atoms with van der Waals surface area (Å²) >= 11 is 0. The molecule has 1 aliphatic heterocycles. The van der Waals surface area contributed by atoms with Crippen LogP contribution in [0.25, 0.3) is 6.08 Å². The van der Waals surface area contributed by atoms with Crippen molar-refractivity contribution in [2.24, 2.45) is 0 Å². The van der Waals surface area contributed by atoms with Crippen LogP contribution in [0, 0.1) is 0 Å². The van der Waals surface area contributed by atoms with Gasteiger partial charge >= 0.3 is 12.1 Å². The van der Waals surface area contributed by atoms with Crippen LogP contribution < -0.4 is 4.74 Å². The molecule has 43 heavy (non-hydrogen) atoms. The predicted molar refractivity (Wildman–Crippen MR) is 166 cm³/mol. The van der Waals surface area contributed by atoms with Crippen LogP contribution in [-0.2, 0) is 31.9 Å². The Morgan fingerprint density at radius 2 is 1.56 bits per heavy atom. The number of para-hydroxylation sites is 2. The van der Waals surface area contributed by atoms with Crippen molar-refractivity contribution >= 4 is 24.0 Å². The third-order valence-electron chi connectivity index (χ3n) is 7.09. The summed E-state index contributed by atoms with van der Waals surface area (Å²) in [6.45, 7) is 6.82. The fraction of sp³-hybridized carbons (Fsp3) is 0.343. The van der Waals surface area contributed by atoms with E-state index in [4.69, 9.17) is 14.2 Å². The standard InChI is InChI=1S/C35H40N2O6/c1-35(2,3)43-34(40)36-22-23-37(29(25-36)24-26-12-6-5-7-13-26)32(38)20-18-27-14-8-10-16-30(27)42-31-17-11-9-15-28(31)19-21-33(39)41-4/h5-17,19,21,29H,18,20,22-25H2,1-4H3/b21-19+. The Morgan fingerprint density at radius 3 is 2.28 bits per heavy atom. The average molecular weight is 585 g/mol. The summed E-state index contributed by atoms with van der Waals surface area (Å²) < 4.78 is 16.6. The number of methoxy groups -OCH3 is 1. The number of carbonyl (C=O) groups excluding carboxylic acids is 3. The number of piperazine rings is 1. The monoisotopic (exact) mass is 584 g/mol. The van der Waals surface area contributed by atoms with Crippen molar-refractivity contribution in [3.8, 4) is 11.5 Å². The number of hydrogen-bond donors (Lipinski definition) is 0. The van der Waals surface area contributed by atoms with Crippen molar-refractivity contribution < 1.29 is 28.6 Å². The number of ether oxygens (including phenoxy) is 3. The van der Waals surface area contributed by atoms with Gasteiger partial charge in [0, 0.05) is 37.7 Å². The van der Waals surface area contributed by atoms with Crippen LogP contribution >= 0.6 is 0 Å². The Morgan fingerprint density at radius 1 is 0.884 bits per heavy atom. The molecule has 1 atom stereocenters. The molecule has 3 aromatic carbocycles. The third-order valence-corrected chi connectivity index (χ3v) is 7.09. The normalized spacial score (nSPS) is 15.3. The highest BCUT2D eigenvalue weighted by atomic mass is 16.6. The van der Waals surface area contributed by atoms with Gasteiger partial charge in [-0.25, -0.2) is 9.59 Å². The summed E-state index contributed by atoms with van der Waals surface area (Å²) in [5, 5.41) is 0. The van der Waals surface area contributed by atoms with Gasteiger partial charge in [-0.1, -0.05) is 66.7 Å². The van der Waals surface area contributed by atoms with Crippen LogP contribution in [0.15, 0.2) is 84.9 Å². The van der Waals surface area contributed by atoms with Gasteiger partial charge in [-0.05, 0) is 62.9 Å². The van der Waals surface area contributed by atoms with Gasteiger partial charge in [0.15, 0.2) is 0 Å². The number of esters is 1. The minimum absolute atomic E-state index is 0.0287. The quantitative estimate of drug-likeness (QED) is 0.217. The van der Waals surface area contributed by atoms with Crippen molar-refractivity contribution in [3.63, 3.8) is 0 Å². The van der Waals surface area contributed by atoms with Gasteiger partial charge in [0.1, 0.15) is 17.1 Å². The van der Waals surface area contributed by atoms with E-state index in [9.17, 15) is 14.4 Å². The first-order valence-corrected chi connectivity index (χ1v) is 14.5. The Kier molecular flexibility index (Phi) is 10.6. The molecule has 1 aliphatic rings. The Balaban J connectivity index is 1.47. The average Bonchev–Trinajstić information content (AvgIpc) is 2.99. The molecule has 1 saturated heterocycles. The van der Waals surface area contributed by atoms with Crippen LogP contribution in [0.4, 0.5) is 4.79 Å². The zero-order valence-electron chi connectivity index (χ0n) is 25.3. The fourth-order valence-corrected chi connectivity index (χ4v) is 4.99. The highest BCUT2D eigenvalue weighted by Crippen LogP contribution is 2.30. The molecule has 1 unspecified atom stereocenters. The molecule has 0 N–H and O–H groups in total. The van der Waals surface area contributed by atoms with Gasteiger partial charge in [-0.2, -0.15) is 0 Å². The first-order valence-electron chi connectivity index (χ1n) is 14.5. The summed E-state index contributed by atoms with van der Waals surface area (Å²) in [6.07, 6.45) is 4.06. The molecule has 1 heterocycles. The smallest absolute Gasteiger partial charge is 0.410 e. The molecule has 8 heteroatoms. The van der Waals surface area contributed by atoms with Crippen LogP contribution in [0.1, 0.15) is 43.9 Å². The first-order chi connectivity index (χ1) is 20.6. The van der Waals surface area contributed by atoms with E-state index in [1.54, 1.807) is 11.0 Å². The summed E-state index contributed by atoms with van der Waals surface area (Å²) in [5.74, 6) is 0.805. The second kappa shape index (κ2) is 14.5. The fourth-order valence-electron chi connectivity index (χ4n) is 4.99. The van der Waals surface area contributed by atoms with Gasteiger partial charge in [-0.3, -0.25) is 4.79 Å². The predicted octanol–water partition coefficient (Wildman–Crippen LogP) is 6.29. The van der Waals surface area contributed by atoms with Crippen LogP contribution in [-0.4, -0.2) is 66.2 Å². The highest BCUT2D eigenvalue weighted by Gasteiger charge is 2.34. The van der Waals surface area contributed by atoms with Gasteiger partial charge in [0.2, 0.25) is 5.91 Å². The maximum atomic E-state index is 13.7. The molecular formula is C35H40N2O6. The van der Waals surface area contributed by atoms with Gasteiger partial charge in [0.25, 0.3) is 0 Å². The van der Waals surface area contributed by atoms with Gasteiger partial charge in [-0.15, -0.1) is 0 Å². The van der Waals surface area contributed by atoms with Crippen molar-refractivity contribution in [1.29, 1.82) is 0 Å². The zero-order chi connectivity index (χ0) is 30.8. The Labute approximate surface area is 253 Å². The summed E-state index contributed by atoms with van der Waals surface area (Å²) in [4.78, 5) is 41.8. The molecule has 0 aromatic heterocycles. The van der Waals surface area contributed by atoms with Crippen molar-refractivity contribution in [1.82, 2.24) is 9.80 Å². The first kappa shape index (κ1) is 31.3. The second-order valence-electron chi connectivity index (χ2n) is 11.5. The zero-order valence-corrected chi connectivity index (χ0v) is 25.3. The van der Waals surface area contributed by atoms with E-state index in [1.165, 1.54) is 13.2 Å². The molecule has 0 aliphatic carbocycles. The van der Waals surface area contributed by atoms with Gasteiger partial charge < -0.3 is 24.0 Å². The summed E-state index contributed by atoms with van der Waals surface area (Å²) in [7, 11) is 1.33. The second-order valence-corrected chi connectivity index (χ2v) is 11.5. The molecule has 3 aromatic rings. The molecule has 2 amide bonds. The van der Waals surface area contributed by atoms with E-state index in [0.717, 1.165) is 16.7 Å². The van der Waals surface area contributed by atoms with Crippen molar-refractivity contribution in [2.75, 3.05) is 26.7 Å².